The smallest absolute Gasteiger partial charge is 0.227 e. The summed E-state index contributed by atoms with van der Waals surface area (Å²) in [4.78, 5) is 14.8. The van der Waals surface area contributed by atoms with Crippen molar-refractivity contribution in [1.29, 1.82) is 0 Å². The second-order valence-electron chi connectivity index (χ2n) is 7.96. The van der Waals surface area contributed by atoms with Crippen LogP contribution in [-0.2, 0) is 0 Å². The Morgan fingerprint density at radius 2 is 1.80 bits per heavy atom. The van der Waals surface area contributed by atoms with Crippen LogP contribution in [-0.4, -0.2) is 54.2 Å². The molecule has 3 fully saturated rings. The number of aromatic nitrogens is 2. The minimum Gasteiger partial charge on any atom is -0.356 e. The van der Waals surface area contributed by atoms with Crippen molar-refractivity contribution < 1.29 is 0 Å². The molecule has 1 aromatic rings. The van der Waals surface area contributed by atoms with Crippen molar-refractivity contribution in [3.63, 3.8) is 0 Å². The molecule has 0 amide bonds. The molecule has 2 aliphatic heterocycles. The molecule has 1 aromatic heterocycles. The van der Waals surface area contributed by atoms with E-state index < -0.39 is 0 Å². The summed E-state index contributed by atoms with van der Waals surface area (Å²) in [5.74, 6) is 4.80. The summed E-state index contributed by atoms with van der Waals surface area (Å²) in [6.45, 7) is 4.46. The summed E-state index contributed by atoms with van der Waals surface area (Å²) >= 11 is 1.98. The Morgan fingerprint density at radius 3 is 2.44 bits per heavy atom. The lowest BCUT2D eigenvalue weighted by Gasteiger charge is -2.35. The predicted molar refractivity (Wildman–Crippen MR) is 107 cm³/mol. The zero-order chi connectivity index (χ0) is 17.2. The second-order valence-corrected chi connectivity index (χ2v) is 8.87. The lowest BCUT2D eigenvalue weighted by Crippen LogP contribution is -2.37. The van der Waals surface area contributed by atoms with Gasteiger partial charge < -0.3 is 15.5 Å². The van der Waals surface area contributed by atoms with Gasteiger partial charge in [0.1, 0.15) is 5.82 Å². The van der Waals surface area contributed by atoms with E-state index in [1.165, 1.54) is 37.1 Å². The van der Waals surface area contributed by atoms with Crippen molar-refractivity contribution in [2.75, 3.05) is 48.0 Å². The molecule has 0 spiro atoms. The molecule has 4 rings (SSSR count). The summed E-state index contributed by atoms with van der Waals surface area (Å²) in [5.41, 5.74) is 7.25. The van der Waals surface area contributed by atoms with Crippen LogP contribution < -0.4 is 15.5 Å². The highest BCUT2D eigenvalue weighted by molar-refractivity contribution is 7.98. The van der Waals surface area contributed by atoms with Crippen molar-refractivity contribution in [2.24, 2.45) is 11.7 Å². The molecule has 2 N–H and O–H groups in total. The Bertz CT molecular complexity index is 575. The molecule has 0 unspecified atom stereocenters. The summed E-state index contributed by atoms with van der Waals surface area (Å²) in [6, 6.07) is 2.62. The van der Waals surface area contributed by atoms with Gasteiger partial charge in [-0.2, -0.15) is 16.7 Å². The molecule has 0 aromatic carbocycles. The topological polar surface area (TPSA) is 58.3 Å². The Labute approximate surface area is 155 Å². The first-order valence-corrected chi connectivity index (χ1v) is 11.3. The van der Waals surface area contributed by atoms with E-state index in [0.29, 0.717) is 12.0 Å². The van der Waals surface area contributed by atoms with Crippen molar-refractivity contribution in [1.82, 2.24) is 9.97 Å². The van der Waals surface area contributed by atoms with Crippen LogP contribution in [0.1, 0.15) is 50.1 Å². The molecule has 6 heteroatoms. The Morgan fingerprint density at radius 1 is 1.08 bits per heavy atom. The number of rotatable bonds is 5. The number of thioether (sulfide) groups is 1. The number of nitrogens with two attached hydrogens (primary N) is 1. The van der Waals surface area contributed by atoms with Gasteiger partial charge in [0, 0.05) is 44.2 Å². The third-order valence-electron chi connectivity index (χ3n) is 6.04. The molecule has 2 saturated heterocycles. The Hall–Kier alpha value is -1.01. The number of nitrogens with zero attached hydrogens (tertiary/aromatic N) is 4. The van der Waals surface area contributed by atoms with E-state index in [9.17, 15) is 0 Å². The molecule has 138 valence electrons. The van der Waals surface area contributed by atoms with Gasteiger partial charge >= 0.3 is 0 Å². The van der Waals surface area contributed by atoms with Gasteiger partial charge in [0.25, 0.3) is 0 Å². The molecule has 5 nitrogen and oxygen atoms in total. The van der Waals surface area contributed by atoms with Crippen molar-refractivity contribution >= 4 is 23.5 Å². The van der Waals surface area contributed by atoms with E-state index >= 15 is 0 Å². The van der Waals surface area contributed by atoms with Gasteiger partial charge in [-0.15, -0.1) is 0 Å². The van der Waals surface area contributed by atoms with Gasteiger partial charge in [0.2, 0.25) is 5.95 Å². The van der Waals surface area contributed by atoms with E-state index in [1.807, 2.05) is 11.8 Å². The predicted octanol–water partition coefficient (Wildman–Crippen LogP) is 2.86. The molecule has 0 bridgehead atoms. The maximum atomic E-state index is 6.02. The monoisotopic (exact) mass is 361 g/mol. The average Bonchev–Trinajstić information content (AvgIpc) is 3.14. The van der Waals surface area contributed by atoms with Gasteiger partial charge in [0.15, 0.2) is 0 Å². The van der Waals surface area contributed by atoms with Crippen LogP contribution in [0.3, 0.4) is 0 Å². The van der Waals surface area contributed by atoms with E-state index in [2.05, 4.69) is 22.1 Å². The normalized spacial score (nSPS) is 27.6. The molecule has 3 heterocycles. The lowest BCUT2D eigenvalue weighted by molar-refractivity contribution is 0.345. The fourth-order valence-corrected chi connectivity index (χ4v) is 5.14. The highest BCUT2D eigenvalue weighted by Gasteiger charge is 2.31. The molecule has 1 saturated carbocycles. The fourth-order valence-electron chi connectivity index (χ4n) is 4.34. The standard InChI is InChI=1S/C19H31N5S/c1-25-13-14-4-8-23(9-5-14)18-12-17(15-10-16(20)11-15)21-19(22-18)24-6-2-3-7-24/h12,14-16H,2-11,13,20H2,1H3. The average molecular weight is 362 g/mol. The molecule has 3 aliphatic rings. The van der Waals surface area contributed by atoms with Crippen LogP contribution in [0.2, 0.25) is 0 Å². The van der Waals surface area contributed by atoms with Crippen LogP contribution in [0.15, 0.2) is 6.07 Å². The molecular weight excluding hydrogens is 330 g/mol. The molecule has 25 heavy (non-hydrogen) atoms. The second kappa shape index (κ2) is 7.70. The molecule has 0 atom stereocenters. The van der Waals surface area contributed by atoms with Gasteiger partial charge in [-0.05, 0) is 56.5 Å². The van der Waals surface area contributed by atoms with Gasteiger partial charge in [-0.25, -0.2) is 4.98 Å². The van der Waals surface area contributed by atoms with E-state index in [4.69, 9.17) is 15.7 Å². The summed E-state index contributed by atoms with van der Waals surface area (Å²) in [5, 5.41) is 0. The van der Waals surface area contributed by atoms with Crippen molar-refractivity contribution in [2.45, 2.75) is 50.5 Å². The fraction of sp³-hybridized carbons (Fsp3) is 0.789. The quantitative estimate of drug-likeness (QED) is 0.870. The van der Waals surface area contributed by atoms with E-state index in [1.54, 1.807) is 0 Å². The zero-order valence-electron chi connectivity index (χ0n) is 15.4. The van der Waals surface area contributed by atoms with Crippen LogP contribution >= 0.6 is 11.8 Å². The van der Waals surface area contributed by atoms with E-state index in [0.717, 1.165) is 56.7 Å². The third-order valence-corrected chi connectivity index (χ3v) is 6.85. The largest absolute Gasteiger partial charge is 0.356 e. The van der Waals surface area contributed by atoms with Crippen LogP contribution in [0, 0.1) is 5.92 Å². The van der Waals surface area contributed by atoms with Gasteiger partial charge in [-0.3, -0.25) is 0 Å². The summed E-state index contributed by atoms with van der Waals surface area (Å²) in [6.07, 6.45) is 9.46. The highest BCUT2D eigenvalue weighted by Crippen LogP contribution is 2.37. The van der Waals surface area contributed by atoms with Crippen molar-refractivity contribution in [3.05, 3.63) is 11.8 Å². The highest BCUT2D eigenvalue weighted by atomic mass is 32.2. The summed E-state index contributed by atoms with van der Waals surface area (Å²) < 4.78 is 0. The first-order chi connectivity index (χ1) is 12.2. The van der Waals surface area contributed by atoms with E-state index in [-0.39, 0.29) is 0 Å². The maximum absolute atomic E-state index is 6.02. The Balaban J connectivity index is 1.53. The maximum Gasteiger partial charge on any atom is 0.227 e. The third kappa shape index (κ3) is 3.90. The molecule has 1 aliphatic carbocycles. The first-order valence-electron chi connectivity index (χ1n) is 9.86. The van der Waals surface area contributed by atoms with Crippen LogP contribution in [0.5, 0.6) is 0 Å². The van der Waals surface area contributed by atoms with Crippen LogP contribution in [0.25, 0.3) is 0 Å². The lowest BCUT2D eigenvalue weighted by atomic mass is 9.78. The zero-order valence-corrected chi connectivity index (χ0v) is 16.2. The molecular formula is C19H31N5S. The minimum atomic E-state index is 0.362. The van der Waals surface area contributed by atoms with Gasteiger partial charge in [-0.1, -0.05) is 0 Å². The first kappa shape index (κ1) is 17.4. The van der Waals surface area contributed by atoms with Gasteiger partial charge in [0.05, 0.1) is 5.69 Å². The summed E-state index contributed by atoms with van der Waals surface area (Å²) in [7, 11) is 0. The Kier molecular flexibility index (Phi) is 5.36. The molecule has 0 radical (unpaired) electrons. The van der Waals surface area contributed by atoms with Crippen molar-refractivity contribution in [3.8, 4) is 0 Å². The number of anilines is 2. The minimum absolute atomic E-state index is 0.362. The SMILES string of the molecule is CSCC1CCN(c2cc(C3CC(N)C3)nc(N3CCCC3)n2)CC1. The van der Waals surface area contributed by atoms with Crippen LogP contribution in [0.4, 0.5) is 11.8 Å². The number of hydrogen-bond acceptors (Lipinski definition) is 6. The number of hydrogen-bond donors (Lipinski definition) is 1. The number of piperidine rings is 1.